The van der Waals surface area contributed by atoms with Crippen molar-refractivity contribution in [2.45, 2.75) is 6.92 Å². The summed E-state index contributed by atoms with van der Waals surface area (Å²) in [6, 6.07) is 14.6. The lowest BCUT2D eigenvalue weighted by Crippen LogP contribution is -2.42. The van der Waals surface area contributed by atoms with Gasteiger partial charge in [-0.25, -0.2) is 0 Å². The summed E-state index contributed by atoms with van der Waals surface area (Å²) in [7, 11) is 0. The number of ether oxygens (including phenoxy) is 1. The van der Waals surface area contributed by atoms with E-state index < -0.39 is 0 Å². The number of fused-ring (bicyclic) bond motifs is 1. The largest absolute Gasteiger partial charge is 0.482 e. The SMILES string of the molecule is Cc1ccc2c(c1)N(CC(=O)c1ccccc1)C(=O)CO2. The molecule has 4 heteroatoms. The molecule has 0 aliphatic carbocycles. The van der Waals surface area contributed by atoms with Crippen LogP contribution in [0.1, 0.15) is 15.9 Å². The van der Waals surface area contributed by atoms with E-state index in [4.69, 9.17) is 4.74 Å². The Kier molecular flexibility index (Phi) is 3.44. The quantitative estimate of drug-likeness (QED) is 0.812. The van der Waals surface area contributed by atoms with Crippen LogP contribution in [-0.2, 0) is 4.79 Å². The monoisotopic (exact) mass is 281 g/mol. The van der Waals surface area contributed by atoms with Gasteiger partial charge in [0.2, 0.25) is 0 Å². The van der Waals surface area contributed by atoms with Crippen molar-refractivity contribution < 1.29 is 14.3 Å². The van der Waals surface area contributed by atoms with Gasteiger partial charge in [0.1, 0.15) is 5.75 Å². The maximum absolute atomic E-state index is 12.3. The van der Waals surface area contributed by atoms with Gasteiger partial charge in [0.25, 0.3) is 5.91 Å². The molecule has 4 nitrogen and oxygen atoms in total. The van der Waals surface area contributed by atoms with E-state index in [1.165, 1.54) is 4.90 Å². The van der Waals surface area contributed by atoms with Gasteiger partial charge in [-0.15, -0.1) is 0 Å². The number of amides is 1. The van der Waals surface area contributed by atoms with Crippen molar-refractivity contribution in [2.75, 3.05) is 18.1 Å². The summed E-state index contributed by atoms with van der Waals surface area (Å²) in [6.07, 6.45) is 0. The molecular formula is C17H15NO3. The van der Waals surface area contributed by atoms with Crippen molar-refractivity contribution in [1.82, 2.24) is 0 Å². The summed E-state index contributed by atoms with van der Waals surface area (Å²) in [5, 5.41) is 0. The number of aryl methyl sites for hydroxylation is 1. The normalized spacial score (nSPS) is 13.6. The van der Waals surface area contributed by atoms with Gasteiger partial charge in [-0.05, 0) is 24.6 Å². The summed E-state index contributed by atoms with van der Waals surface area (Å²) >= 11 is 0. The van der Waals surface area contributed by atoms with Crippen molar-refractivity contribution >= 4 is 17.4 Å². The number of carbonyl (C=O) groups excluding carboxylic acids is 2. The lowest BCUT2D eigenvalue weighted by atomic mass is 10.1. The van der Waals surface area contributed by atoms with Crippen molar-refractivity contribution in [1.29, 1.82) is 0 Å². The maximum atomic E-state index is 12.3. The summed E-state index contributed by atoms with van der Waals surface area (Å²) in [5.41, 5.74) is 2.28. The number of ketones is 1. The molecule has 0 bridgehead atoms. The second kappa shape index (κ2) is 5.40. The van der Waals surface area contributed by atoms with Crippen LogP contribution in [0.3, 0.4) is 0 Å². The molecule has 2 aromatic rings. The highest BCUT2D eigenvalue weighted by atomic mass is 16.5. The fourth-order valence-corrected chi connectivity index (χ4v) is 2.34. The van der Waals surface area contributed by atoms with Crippen LogP contribution in [-0.4, -0.2) is 24.8 Å². The summed E-state index contributed by atoms with van der Waals surface area (Å²) in [5.74, 6) is 0.358. The third-order valence-electron chi connectivity index (χ3n) is 3.45. The Morgan fingerprint density at radius 2 is 1.95 bits per heavy atom. The highest BCUT2D eigenvalue weighted by molar-refractivity contribution is 6.07. The fourth-order valence-electron chi connectivity index (χ4n) is 2.34. The molecule has 0 unspecified atom stereocenters. The first-order valence-corrected chi connectivity index (χ1v) is 6.77. The van der Waals surface area contributed by atoms with E-state index in [0.29, 0.717) is 17.0 Å². The molecule has 106 valence electrons. The molecule has 0 spiro atoms. The van der Waals surface area contributed by atoms with Gasteiger partial charge < -0.3 is 4.74 Å². The molecule has 1 aliphatic heterocycles. The van der Waals surface area contributed by atoms with E-state index in [1.54, 1.807) is 12.1 Å². The van der Waals surface area contributed by atoms with Crippen molar-refractivity contribution in [3.63, 3.8) is 0 Å². The number of rotatable bonds is 3. The van der Waals surface area contributed by atoms with Crippen LogP contribution in [0, 0.1) is 6.92 Å². The first kappa shape index (κ1) is 13.4. The summed E-state index contributed by atoms with van der Waals surface area (Å²) in [6.45, 7) is 1.94. The van der Waals surface area contributed by atoms with E-state index >= 15 is 0 Å². The first-order valence-electron chi connectivity index (χ1n) is 6.77. The van der Waals surface area contributed by atoms with E-state index in [9.17, 15) is 9.59 Å². The summed E-state index contributed by atoms with van der Waals surface area (Å²) in [4.78, 5) is 25.9. The number of anilines is 1. The molecule has 0 radical (unpaired) electrons. The lowest BCUT2D eigenvalue weighted by Gasteiger charge is -2.29. The molecule has 1 heterocycles. The number of nitrogens with zero attached hydrogens (tertiary/aromatic N) is 1. The third-order valence-corrected chi connectivity index (χ3v) is 3.45. The molecule has 2 aromatic carbocycles. The Morgan fingerprint density at radius 3 is 2.71 bits per heavy atom. The average Bonchev–Trinajstić information content (AvgIpc) is 2.51. The predicted octanol–water partition coefficient (Wildman–Crippen LogP) is 2.60. The minimum absolute atomic E-state index is 0.0296. The molecule has 1 aliphatic rings. The Bertz CT molecular complexity index is 694. The Balaban J connectivity index is 1.90. The Labute approximate surface area is 123 Å². The molecule has 21 heavy (non-hydrogen) atoms. The van der Waals surface area contributed by atoms with Crippen LogP contribution in [0.4, 0.5) is 5.69 Å². The van der Waals surface area contributed by atoms with Gasteiger partial charge >= 0.3 is 0 Å². The summed E-state index contributed by atoms with van der Waals surface area (Å²) < 4.78 is 5.41. The highest BCUT2D eigenvalue weighted by Crippen LogP contribution is 2.32. The van der Waals surface area contributed by atoms with E-state index in [0.717, 1.165) is 5.56 Å². The van der Waals surface area contributed by atoms with E-state index in [2.05, 4.69) is 0 Å². The maximum Gasteiger partial charge on any atom is 0.265 e. The van der Waals surface area contributed by atoms with Gasteiger partial charge in [-0.2, -0.15) is 0 Å². The molecule has 0 fully saturated rings. The third kappa shape index (κ3) is 2.65. The molecule has 0 aromatic heterocycles. The molecule has 0 N–H and O–H groups in total. The Hall–Kier alpha value is -2.62. The van der Waals surface area contributed by atoms with E-state index in [-0.39, 0.29) is 24.8 Å². The molecule has 0 atom stereocenters. The number of hydrogen-bond acceptors (Lipinski definition) is 3. The minimum Gasteiger partial charge on any atom is -0.482 e. The zero-order valence-electron chi connectivity index (χ0n) is 11.7. The van der Waals surface area contributed by atoms with Crippen LogP contribution in [0.15, 0.2) is 48.5 Å². The van der Waals surface area contributed by atoms with Crippen LogP contribution in [0.5, 0.6) is 5.75 Å². The number of hydrogen-bond donors (Lipinski definition) is 0. The fraction of sp³-hybridized carbons (Fsp3) is 0.176. The minimum atomic E-state index is -0.197. The van der Waals surface area contributed by atoms with Gasteiger partial charge in [-0.3, -0.25) is 14.5 Å². The molecule has 0 saturated heterocycles. The zero-order chi connectivity index (χ0) is 14.8. The van der Waals surface area contributed by atoms with E-state index in [1.807, 2.05) is 43.3 Å². The van der Waals surface area contributed by atoms with Crippen molar-refractivity contribution in [3.8, 4) is 5.75 Å². The van der Waals surface area contributed by atoms with Gasteiger partial charge in [0.05, 0.1) is 12.2 Å². The predicted molar refractivity (Wildman–Crippen MR) is 79.8 cm³/mol. The van der Waals surface area contributed by atoms with Gasteiger partial charge in [0, 0.05) is 5.56 Å². The molecule has 1 amide bonds. The average molecular weight is 281 g/mol. The number of carbonyl (C=O) groups is 2. The first-order chi connectivity index (χ1) is 10.1. The van der Waals surface area contributed by atoms with Gasteiger partial charge in [-0.1, -0.05) is 36.4 Å². The van der Waals surface area contributed by atoms with Crippen LogP contribution in [0.25, 0.3) is 0 Å². The molecule has 0 saturated carbocycles. The smallest absolute Gasteiger partial charge is 0.265 e. The van der Waals surface area contributed by atoms with Gasteiger partial charge in [0.15, 0.2) is 12.4 Å². The van der Waals surface area contributed by atoms with Crippen molar-refractivity contribution in [2.24, 2.45) is 0 Å². The standard InChI is InChI=1S/C17H15NO3/c1-12-7-8-16-14(9-12)18(17(20)11-21-16)10-15(19)13-5-3-2-4-6-13/h2-9H,10-11H2,1H3. The molecular weight excluding hydrogens is 266 g/mol. The zero-order valence-corrected chi connectivity index (χ0v) is 11.7. The lowest BCUT2D eigenvalue weighted by molar-refractivity contribution is -0.121. The Morgan fingerprint density at radius 1 is 1.19 bits per heavy atom. The topological polar surface area (TPSA) is 46.6 Å². The van der Waals surface area contributed by atoms with Crippen molar-refractivity contribution in [3.05, 3.63) is 59.7 Å². The highest BCUT2D eigenvalue weighted by Gasteiger charge is 2.27. The number of Topliss-reactive ketones (excluding diaryl/α,β-unsaturated/α-hetero) is 1. The second-order valence-electron chi connectivity index (χ2n) is 5.03. The number of benzene rings is 2. The second-order valence-corrected chi connectivity index (χ2v) is 5.03. The van der Waals surface area contributed by atoms with Crippen LogP contribution >= 0.6 is 0 Å². The van der Waals surface area contributed by atoms with Crippen LogP contribution in [0.2, 0.25) is 0 Å². The molecule has 3 rings (SSSR count). The van der Waals surface area contributed by atoms with Crippen LogP contribution < -0.4 is 9.64 Å².